The summed E-state index contributed by atoms with van der Waals surface area (Å²) in [5, 5.41) is 3.16. The van der Waals surface area contributed by atoms with Gasteiger partial charge in [0.25, 0.3) is 0 Å². The number of rotatable bonds is 4. The first-order valence-electron chi connectivity index (χ1n) is 7.27. The van der Waals surface area contributed by atoms with Crippen molar-refractivity contribution in [2.45, 2.75) is 25.2 Å². The van der Waals surface area contributed by atoms with Crippen molar-refractivity contribution in [3.05, 3.63) is 41.6 Å². The Labute approximate surface area is 130 Å². The van der Waals surface area contributed by atoms with E-state index in [1.54, 1.807) is 16.7 Å². The molecule has 3 aromatic rings. The first-order valence-corrected chi connectivity index (χ1v) is 7.27. The van der Waals surface area contributed by atoms with E-state index >= 15 is 0 Å². The maximum Gasteiger partial charge on any atom is 0.153 e. The van der Waals surface area contributed by atoms with Crippen molar-refractivity contribution < 1.29 is 13.5 Å². The number of halogens is 1. The minimum Gasteiger partial charge on any atom is -0.463 e. The Balaban J connectivity index is 1.78. The van der Waals surface area contributed by atoms with E-state index in [1.165, 1.54) is 18.8 Å². The van der Waals surface area contributed by atoms with E-state index in [2.05, 4.69) is 15.1 Å². The van der Waals surface area contributed by atoms with Gasteiger partial charge in [-0.1, -0.05) is 5.18 Å². The number of fused-ring (bicyclic) bond motifs is 1. The molecule has 1 fully saturated rings. The molecule has 0 aliphatic carbocycles. The third kappa shape index (κ3) is 2.31. The molecule has 4 heterocycles. The van der Waals surface area contributed by atoms with Crippen LogP contribution in [0.2, 0.25) is 0 Å². The first-order chi connectivity index (χ1) is 11.3. The Morgan fingerprint density at radius 2 is 2.30 bits per heavy atom. The van der Waals surface area contributed by atoms with Gasteiger partial charge in [-0.2, -0.15) is 4.91 Å². The third-order valence-corrected chi connectivity index (χ3v) is 3.99. The van der Waals surface area contributed by atoms with E-state index in [9.17, 15) is 9.30 Å². The molecular formula is C15H13FN4O3. The van der Waals surface area contributed by atoms with Crippen LogP contribution in [0.15, 0.2) is 40.5 Å². The van der Waals surface area contributed by atoms with E-state index in [-0.39, 0.29) is 18.9 Å². The summed E-state index contributed by atoms with van der Waals surface area (Å²) in [5.74, 6) is 0.0389. The van der Waals surface area contributed by atoms with Crippen molar-refractivity contribution in [3.63, 3.8) is 0 Å². The van der Waals surface area contributed by atoms with E-state index < -0.39 is 5.82 Å². The number of hydrogen-bond donors (Lipinski definition) is 0. The normalized spacial score (nSPS) is 21.1. The Morgan fingerprint density at radius 3 is 3.09 bits per heavy atom. The SMILES string of the molecule is O=NCC1CCC(n2cc(F)c3c(-c4ccco4)ncnc32)O1. The van der Waals surface area contributed by atoms with Gasteiger partial charge in [-0.05, 0) is 25.0 Å². The van der Waals surface area contributed by atoms with Crippen LogP contribution in [-0.2, 0) is 4.74 Å². The number of furan rings is 1. The number of ether oxygens (including phenoxy) is 1. The van der Waals surface area contributed by atoms with Gasteiger partial charge in [0.05, 0.1) is 17.8 Å². The molecule has 7 nitrogen and oxygen atoms in total. The van der Waals surface area contributed by atoms with Gasteiger partial charge >= 0.3 is 0 Å². The lowest BCUT2D eigenvalue weighted by Crippen LogP contribution is -2.13. The van der Waals surface area contributed by atoms with Crippen LogP contribution >= 0.6 is 0 Å². The van der Waals surface area contributed by atoms with E-state index in [0.717, 1.165) is 0 Å². The molecule has 1 saturated heterocycles. The number of nitroso groups, excluding NO2 is 1. The van der Waals surface area contributed by atoms with Gasteiger partial charge in [-0.3, -0.25) is 0 Å². The standard InChI is InChI=1S/C15H13FN4O3/c16-10-7-20(12-4-3-9(23-12)6-19-21)15-13(10)14(17-8-18-15)11-2-1-5-22-11/h1-2,5,7-9,12H,3-4,6H2. The molecule has 23 heavy (non-hydrogen) atoms. The summed E-state index contributed by atoms with van der Waals surface area (Å²) in [5.41, 5.74) is 0.842. The van der Waals surface area contributed by atoms with Crippen LogP contribution in [0.3, 0.4) is 0 Å². The Bertz CT molecular complexity index is 846. The fourth-order valence-electron chi connectivity index (χ4n) is 2.97. The van der Waals surface area contributed by atoms with Gasteiger partial charge in [-0.15, -0.1) is 0 Å². The molecule has 8 heteroatoms. The molecule has 0 spiro atoms. The Morgan fingerprint density at radius 1 is 1.39 bits per heavy atom. The molecule has 2 unspecified atom stereocenters. The highest BCUT2D eigenvalue weighted by Crippen LogP contribution is 2.35. The van der Waals surface area contributed by atoms with Crippen LogP contribution in [0.25, 0.3) is 22.5 Å². The zero-order valence-electron chi connectivity index (χ0n) is 12.1. The summed E-state index contributed by atoms with van der Waals surface area (Å²) >= 11 is 0. The lowest BCUT2D eigenvalue weighted by Gasteiger charge is -2.14. The zero-order chi connectivity index (χ0) is 15.8. The Kier molecular flexibility index (Phi) is 3.38. The highest BCUT2D eigenvalue weighted by atomic mass is 19.1. The number of hydrogen-bond acceptors (Lipinski definition) is 6. The van der Waals surface area contributed by atoms with Crippen LogP contribution < -0.4 is 0 Å². The molecule has 0 bridgehead atoms. The lowest BCUT2D eigenvalue weighted by molar-refractivity contribution is 0.00881. The topological polar surface area (TPSA) is 82.5 Å². The monoisotopic (exact) mass is 316 g/mol. The minimum atomic E-state index is -0.437. The van der Waals surface area contributed by atoms with Gasteiger partial charge in [0.2, 0.25) is 0 Å². The predicted octanol–water partition coefficient (Wildman–Crippen LogP) is 3.27. The zero-order valence-corrected chi connectivity index (χ0v) is 12.1. The molecule has 0 N–H and O–H groups in total. The average Bonchev–Trinajstić information content (AvgIpc) is 3.28. The maximum atomic E-state index is 14.5. The largest absolute Gasteiger partial charge is 0.463 e. The summed E-state index contributed by atoms with van der Waals surface area (Å²) in [6.07, 6.45) is 5.01. The van der Waals surface area contributed by atoms with Crippen LogP contribution in [0.4, 0.5) is 4.39 Å². The molecule has 0 amide bonds. The molecule has 0 saturated carbocycles. The van der Waals surface area contributed by atoms with Crippen molar-refractivity contribution >= 4 is 11.0 Å². The quantitative estimate of drug-likeness (QED) is 0.690. The summed E-state index contributed by atoms with van der Waals surface area (Å²) in [7, 11) is 0. The van der Waals surface area contributed by atoms with Crippen molar-refractivity contribution in [2.75, 3.05) is 6.54 Å². The van der Waals surface area contributed by atoms with Crippen LogP contribution in [0.1, 0.15) is 19.1 Å². The lowest BCUT2D eigenvalue weighted by atomic mass is 10.2. The van der Waals surface area contributed by atoms with Crippen molar-refractivity contribution in [3.8, 4) is 11.5 Å². The number of nitrogens with zero attached hydrogens (tertiary/aromatic N) is 4. The van der Waals surface area contributed by atoms with E-state index in [1.807, 2.05) is 0 Å². The smallest absolute Gasteiger partial charge is 0.153 e. The Hall–Kier alpha value is -2.61. The molecule has 2 atom stereocenters. The summed E-state index contributed by atoms with van der Waals surface area (Å²) in [4.78, 5) is 18.7. The molecule has 118 valence electrons. The highest BCUT2D eigenvalue weighted by molar-refractivity contribution is 5.90. The van der Waals surface area contributed by atoms with Gasteiger partial charge in [0.1, 0.15) is 30.4 Å². The minimum absolute atomic E-state index is 0.102. The molecule has 0 radical (unpaired) electrons. The van der Waals surface area contributed by atoms with Gasteiger partial charge < -0.3 is 13.7 Å². The first kappa shape index (κ1) is 14.0. The van der Waals surface area contributed by atoms with Crippen molar-refractivity contribution in [2.24, 2.45) is 5.18 Å². The fourth-order valence-corrected chi connectivity index (χ4v) is 2.97. The summed E-state index contributed by atoms with van der Waals surface area (Å²) < 4.78 is 27.2. The molecule has 4 rings (SSSR count). The van der Waals surface area contributed by atoms with Crippen LogP contribution in [-0.4, -0.2) is 27.2 Å². The van der Waals surface area contributed by atoms with E-state index in [4.69, 9.17) is 9.15 Å². The predicted molar refractivity (Wildman–Crippen MR) is 79.0 cm³/mol. The maximum absolute atomic E-state index is 14.5. The van der Waals surface area contributed by atoms with Gasteiger partial charge in [-0.25, -0.2) is 14.4 Å². The summed E-state index contributed by atoms with van der Waals surface area (Å²) in [6, 6.07) is 3.44. The van der Waals surface area contributed by atoms with Crippen LogP contribution in [0.5, 0.6) is 0 Å². The van der Waals surface area contributed by atoms with Crippen molar-refractivity contribution in [1.82, 2.24) is 14.5 Å². The molecular weight excluding hydrogens is 303 g/mol. The van der Waals surface area contributed by atoms with Gasteiger partial charge in [0, 0.05) is 6.20 Å². The van der Waals surface area contributed by atoms with Crippen molar-refractivity contribution in [1.29, 1.82) is 0 Å². The number of aromatic nitrogens is 3. The molecule has 1 aliphatic heterocycles. The second-order valence-electron chi connectivity index (χ2n) is 5.38. The third-order valence-electron chi connectivity index (χ3n) is 3.99. The second kappa shape index (κ2) is 5.54. The molecule has 3 aromatic heterocycles. The van der Waals surface area contributed by atoms with Gasteiger partial charge in [0.15, 0.2) is 11.6 Å². The molecule has 1 aliphatic rings. The van der Waals surface area contributed by atoms with Crippen LogP contribution in [0, 0.1) is 10.7 Å². The second-order valence-corrected chi connectivity index (χ2v) is 5.38. The highest BCUT2D eigenvalue weighted by Gasteiger charge is 2.29. The molecule has 0 aromatic carbocycles. The average molecular weight is 316 g/mol. The fraction of sp³-hybridized carbons (Fsp3) is 0.333. The summed E-state index contributed by atoms with van der Waals surface area (Å²) in [6.45, 7) is 0.102. The van der Waals surface area contributed by atoms with E-state index in [0.29, 0.717) is 35.3 Å².